The monoisotopic (exact) mass is 272 g/mol. The lowest BCUT2D eigenvalue weighted by atomic mass is 10.3. The van der Waals surface area contributed by atoms with E-state index in [-0.39, 0.29) is 0 Å². The molecule has 0 aliphatic heterocycles. The van der Waals surface area contributed by atoms with E-state index in [1.807, 2.05) is 24.3 Å². The van der Waals surface area contributed by atoms with E-state index in [1.165, 1.54) is 11.8 Å². The molecule has 2 aromatic heterocycles. The number of pyridine rings is 1. The number of anilines is 1. The minimum Gasteiger partial charge on any atom is -0.481 e. The highest BCUT2D eigenvalue weighted by atomic mass is 32.2. The molecule has 0 fully saturated rings. The molecule has 5 nitrogen and oxygen atoms in total. The summed E-state index contributed by atoms with van der Waals surface area (Å²) in [7, 11) is 1.58. The van der Waals surface area contributed by atoms with Crippen molar-refractivity contribution in [1.82, 2.24) is 15.0 Å². The van der Waals surface area contributed by atoms with Crippen molar-refractivity contribution in [2.24, 2.45) is 0 Å². The van der Waals surface area contributed by atoms with Gasteiger partial charge in [0.05, 0.1) is 23.8 Å². The van der Waals surface area contributed by atoms with Gasteiger partial charge in [0.15, 0.2) is 5.16 Å². The first-order valence-electron chi connectivity index (χ1n) is 5.69. The van der Waals surface area contributed by atoms with Gasteiger partial charge in [0.2, 0.25) is 5.88 Å². The molecule has 3 aromatic rings. The molecule has 96 valence electrons. The van der Waals surface area contributed by atoms with Crippen LogP contribution in [0.5, 0.6) is 5.88 Å². The molecular weight excluding hydrogens is 260 g/mol. The number of nitrogens with two attached hydrogens (primary N) is 1. The van der Waals surface area contributed by atoms with Crippen LogP contribution in [0.1, 0.15) is 0 Å². The predicted octanol–water partition coefficient (Wildman–Crippen LogP) is 2.70. The van der Waals surface area contributed by atoms with Crippen LogP contribution in [-0.2, 0) is 0 Å². The van der Waals surface area contributed by atoms with Gasteiger partial charge in [-0.2, -0.15) is 0 Å². The molecule has 0 bridgehead atoms. The molecule has 1 aromatic carbocycles. The van der Waals surface area contributed by atoms with Gasteiger partial charge in [0, 0.05) is 6.07 Å². The fourth-order valence-corrected chi connectivity index (χ4v) is 2.51. The van der Waals surface area contributed by atoms with Crippen LogP contribution in [0.4, 0.5) is 5.69 Å². The molecular formula is C13H12N4OS. The van der Waals surface area contributed by atoms with Gasteiger partial charge in [-0.1, -0.05) is 12.1 Å². The number of nitrogens with zero attached hydrogens (tertiary/aromatic N) is 2. The lowest BCUT2D eigenvalue weighted by molar-refractivity contribution is 0.395. The number of nitrogens with one attached hydrogen (secondary N) is 1. The summed E-state index contributed by atoms with van der Waals surface area (Å²) in [5.74, 6) is 0.535. The van der Waals surface area contributed by atoms with Crippen molar-refractivity contribution in [3.8, 4) is 5.88 Å². The summed E-state index contributed by atoms with van der Waals surface area (Å²) in [4.78, 5) is 12.0. The highest BCUT2D eigenvalue weighted by Gasteiger charge is 2.09. The van der Waals surface area contributed by atoms with Gasteiger partial charge in [-0.05, 0) is 30.0 Å². The van der Waals surface area contributed by atoms with Crippen molar-refractivity contribution in [3.63, 3.8) is 0 Å². The van der Waals surface area contributed by atoms with Crippen LogP contribution in [0.3, 0.4) is 0 Å². The zero-order valence-corrected chi connectivity index (χ0v) is 11.1. The summed E-state index contributed by atoms with van der Waals surface area (Å²) >= 11 is 1.39. The van der Waals surface area contributed by atoms with E-state index in [4.69, 9.17) is 10.5 Å². The van der Waals surface area contributed by atoms with Crippen LogP contribution in [0.2, 0.25) is 0 Å². The first kappa shape index (κ1) is 11.9. The number of para-hydroxylation sites is 2. The molecule has 0 saturated carbocycles. The first-order chi connectivity index (χ1) is 9.26. The Morgan fingerprint density at radius 2 is 2.00 bits per heavy atom. The van der Waals surface area contributed by atoms with E-state index in [0.29, 0.717) is 16.6 Å². The van der Waals surface area contributed by atoms with Crippen LogP contribution in [-0.4, -0.2) is 22.1 Å². The fraction of sp³-hybridized carbons (Fsp3) is 0.0769. The Kier molecular flexibility index (Phi) is 3.00. The summed E-state index contributed by atoms with van der Waals surface area (Å²) in [5, 5.41) is 1.44. The lowest BCUT2D eigenvalue weighted by Crippen LogP contribution is -1.95. The first-order valence-corrected chi connectivity index (χ1v) is 6.51. The quantitative estimate of drug-likeness (QED) is 0.766. The minimum absolute atomic E-state index is 0.535. The van der Waals surface area contributed by atoms with Gasteiger partial charge in [0.1, 0.15) is 5.03 Å². The second-order valence-corrected chi connectivity index (χ2v) is 4.89. The van der Waals surface area contributed by atoms with Gasteiger partial charge in [-0.25, -0.2) is 9.97 Å². The molecule has 0 aliphatic carbocycles. The Hall–Kier alpha value is -2.21. The smallest absolute Gasteiger partial charge is 0.214 e. The van der Waals surface area contributed by atoms with E-state index < -0.39 is 0 Å². The van der Waals surface area contributed by atoms with E-state index in [1.54, 1.807) is 19.2 Å². The topological polar surface area (TPSA) is 76.8 Å². The van der Waals surface area contributed by atoms with Gasteiger partial charge in [-0.15, -0.1) is 0 Å². The standard InChI is InChI=1S/C13H12N4OS/c1-18-11-7-6-8(14)12(17-11)19-13-15-9-4-2-3-5-10(9)16-13/h2-7H,14H2,1H3,(H,15,16). The maximum absolute atomic E-state index is 5.91. The predicted molar refractivity (Wildman–Crippen MR) is 75.4 cm³/mol. The molecule has 0 amide bonds. The number of hydrogen-bond donors (Lipinski definition) is 2. The number of aromatic amines is 1. The molecule has 0 radical (unpaired) electrons. The number of rotatable bonds is 3. The van der Waals surface area contributed by atoms with Crippen molar-refractivity contribution in [3.05, 3.63) is 36.4 Å². The van der Waals surface area contributed by atoms with Crippen molar-refractivity contribution < 1.29 is 4.74 Å². The van der Waals surface area contributed by atoms with Crippen LogP contribution in [0.25, 0.3) is 11.0 Å². The highest BCUT2D eigenvalue weighted by molar-refractivity contribution is 7.99. The largest absolute Gasteiger partial charge is 0.481 e. The molecule has 3 rings (SSSR count). The molecule has 6 heteroatoms. The summed E-state index contributed by atoms with van der Waals surface area (Å²) < 4.78 is 5.10. The number of methoxy groups -OCH3 is 1. The lowest BCUT2D eigenvalue weighted by Gasteiger charge is -2.04. The average molecular weight is 272 g/mol. The summed E-state index contributed by atoms with van der Waals surface area (Å²) in [6.07, 6.45) is 0. The Bertz CT molecular complexity index is 692. The molecule has 19 heavy (non-hydrogen) atoms. The van der Waals surface area contributed by atoms with Crippen LogP contribution in [0.15, 0.2) is 46.6 Å². The number of ether oxygens (including phenoxy) is 1. The molecule has 3 N–H and O–H groups in total. The summed E-state index contributed by atoms with van der Waals surface area (Å²) in [6.45, 7) is 0. The van der Waals surface area contributed by atoms with Crippen LogP contribution >= 0.6 is 11.8 Å². The molecule has 2 heterocycles. The molecule has 0 atom stereocenters. The SMILES string of the molecule is COc1ccc(N)c(Sc2nc3ccccc3[nH]2)n1. The summed E-state index contributed by atoms with van der Waals surface area (Å²) in [5.41, 5.74) is 8.42. The average Bonchev–Trinajstić information content (AvgIpc) is 2.83. The maximum Gasteiger partial charge on any atom is 0.214 e. The zero-order chi connectivity index (χ0) is 13.2. The van der Waals surface area contributed by atoms with Gasteiger partial charge >= 0.3 is 0 Å². The van der Waals surface area contributed by atoms with E-state index in [2.05, 4.69) is 15.0 Å². The number of imidazole rings is 1. The van der Waals surface area contributed by atoms with Crippen molar-refractivity contribution >= 4 is 28.5 Å². The Morgan fingerprint density at radius 1 is 1.16 bits per heavy atom. The second-order valence-electron chi connectivity index (χ2n) is 3.91. The van der Waals surface area contributed by atoms with Crippen LogP contribution < -0.4 is 10.5 Å². The van der Waals surface area contributed by atoms with Gasteiger partial charge in [0.25, 0.3) is 0 Å². The van der Waals surface area contributed by atoms with E-state index in [0.717, 1.165) is 16.2 Å². The minimum atomic E-state index is 0.535. The molecule has 0 spiro atoms. The van der Waals surface area contributed by atoms with Gasteiger partial charge < -0.3 is 15.5 Å². The molecule has 0 unspecified atom stereocenters. The van der Waals surface area contributed by atoms with Gasteiger partial charge in [-0.3, -0.25) is 0 Å². The number of aromatic nitrogens is 3. The number of hydrogen-bond acceptors (Lipinski definition) is 5. The Morgan fingerprint density at radius 3 is 2.79 bits per heavy atom. The Labute approximate surface area is 114 Å². The van der Waals surface area contributed by atoms with E-state index >= 15 is 0 Å². The maximum atomic E-state index is 5.91. The number of fused-ring (bicyclic) bond motifs is 1. The number of nitrogen functional groups attached to an aromatic ring is 1. The number of benzene rings is 1. The second kappa shape index (κ2) is 4.81. The van der Waals surface area contributed by atoms with Crippen molar-refractivity contribution in [2.75, 3.05) is 12.8 Å². The number of H-pyrrole nitrogens is 1. The normalized spacial score (nSPS) is 10.8. The van der Waals surface area contributed by atoms with E-state index in [9.17, 15) is 0 Å². The fourth-order valence-electron chi connectivity index (χ4n) is 1.70. The third kappa shape index (κ3) is 2.34. The van der Waals surface area contributed by atoms with Crippen molar-refractivity contribution in [2.45, 2.75) is 10.2 Å². The summed E-state index contributed by atoms with van der Waals surface area (Å²) in [6, 6.07) is 11.4. The molecule has 0 aliphatic rings. The van der Waals surface area contributed by atoms with Crippen LogP contribution in [0, 0.1) is 0 Å². The third-order valence-corrected chi connectivity index (χ3v) is 3.54. The molecule has 0 saturated heterocycles. The van der Waals surface area contributed by atoms with Crippen molar-refractivity contribution in [1.29, 1.82) is 0 Å². The third-order valence-electron chi connectivity index (χ3n) is 2.63. The zero-order valence-electron chi connectivity index (χ0n) is 10.3. The Balaban J connectivity index is 1.96. The highest BCUT2D eigenvalue weighted by Crippen LogP contribution is 2.31.